The number of aliphatic hydroxyl groups is 1. The Bertz CT molecular complexity index is 1120. The van der Waals surface area contributed by atoms with E-state index in [1.54, 1.807) is 35.1 Å². The second kappa shape index (κ2) is 7.50. The third-order valence-corrected chi connectivity index (χ3v) is 4.76. The van der Waals surface area contributed by atoms with E-state index in [2.05, 4.69) is 5.10 Å². The predicted octanol–water partition coefficient (Wildman–Crippen LogP) is 3.83. The van der Waals surface area contributed by atoms with Crippen LogP contribution in [0.3, 0.4) is 0 Å². The van der Waals surface area contributed by atoms with Crippen LogP contribution in [-0.2, 0) is 6.42 Å². The zero-order valence-corrected chi connectivity index (χ0v) is 15.0. The molecule has 3 N–H and O–H groups in total. The fraction of sp³-hybridized carbons (Fsp3) is 0.136. The number of fused-ring (bicyclic) bond motifs is 1. The van der Waals surface area contributed by atoms with Crippen molar-refractivity contribution in [1.29, 1.82) is 0 Å². The van der Waals surface area contributed by atoms with Crippen molar-refractivity contribution in [3.8, 4) is 16.8 Å². The van der Waals surface area contributed by atoms with Crippen molar-refractivity contribution in [3.05, 3.63) is 84.1 Å². The van der Waals surface area contributed by atoms with Crippen LogP contribution < -0.4 is 5.73 Å². The van der Waals surface area contributed by atoms with Crippen LogP contribution in [0.1, 0.15) is 5.56 Å². The maximum atomic E-state index is 14.6. The monoisotopic (exact) mass is 379 g/mol. The molecule has 3 aromatic carbocycles. The van der Waals surface area contributed by atoms with E-state index in [0.717, 1.165) is 16.6 Å². The Morgan fingerprint density at radius 1 is 1.04 bits per heavy atom. The van der Waals surface area contributed by atoms with Crippen LogP contribution in [0.25, 0.3) is 27.7 Å². The summed E-state index contributed by atoms with van der Waals surface area (Å²) in [7, 11) is 0. The molecule has 1 aromatic heterocycles. The number of aliphatic hydroxyl groups excluding tert-OH is 1. The number of hydrogen-bond acceptors (Lipinski definition) is 3. The van der Waals surface area contributed by atoms with Gasteiger partial charge in [-0.05, 0) is 53.6 Å². The first kappa shape index (κ1) is 18.3. The molecule has 0 spiro atoms. The van der Waals surface area contributed by atoms with E-state index in [-0.39, 0.29) is 24.6 Å². The Labute approximate surface area is 160 Å². The minimum atomic E-state index is -0.731. The standard InChI is InChI=1S/C22H19F2N3O/c23-17-5-7-18(8-6-17)27-21-9-4-15(10-16(21)13-26-27)22-14(11-19(28)12-25)2-1-3-20(22)24/h1-10,13,19,28H,11-12,25H2. The second-order valence-electron chi connectivity index (χ2n) is 6.67. The smallest absolute Gasteiger partial charge is 0.131 e. The van der Waals surface area contributed by atoms with E-state index in [1.807, 2.05) is 18.2 Å². The lowest BCUT2D eigenvalue weighted by Gasteiger charge is -2.14. The molecule has 1 unspecified atom stereocenters. The Morgan fingerprint density at radius 3 is 2.57 bits per heavy atom. The maximum Gasteiger partial charge on any atom is 0.131 e. The summed E-state index contributed by atoms with van der Waals surface area (Å²) in [4.78, 5) is 0. The minimum Gasteiger partial charge on any atom is -0.391 e. The average Bonchev–Trinajstić information content (AvgIpc) is 3.12. The summed E-state index contributed by atoms with van der Waals surface area (Å²) >= 11 is 0. The first-order valence-corrected chi connectivity index (χ1v) is 8.96. The molecule has 4 rings (SSSR count). The molecule has 1 heterocycles. The quantitative estimate of drug-likeness (QED) is 0.554. The molecule has 0 aliphatic rings. The van der Waals surface area contributed by atoms with Gasteiger partial charge in [0.25, 0.3) is 0 Å². The molecule has 28 heavy (non-hydrogen) atoms. The van der Waals surface area contributed by atoms with Crippen molar-refractivity contribution in [3.63, 3.8) is 0 Å². The Balaban J connectivity index is 1.79. The highest BCUT2D eigenvalue weighted by Gasteiger charge is 2.15. The molecule has 4 nitrogen and oxygen atoms in total. The average molecular weight is 379 g/mol. The van der Waals surface area contributed by atoms with Crippen LogP contribution in [0.4, 0.5) is 8.78 Å². The van der Waals surface area contributed by atoms with E-state index < -0.39 is 6.10 Å². The third-order valence-electron chi connectivity index (χ3n) is 4.76. The molecule has 0 aliphatic heterocycles. The number of nitrogens with two attached hydrogens (primary N) is 1. The number of rotatable bonds is 5. The van der Waals surface area contributed by atoms with E-state index in [4.69, 9.17) is 5.73 Å². The highest BCUT2D eigenvalue weighted by atomic mass is 19.1. The van der Waals surface area contributed by atoms with Gasteiger partial charge in [-0.3, -0.25) is 0 Å². The molecule has 0 amide bonds. The maximum absolute atomic E-state index is 14.6. The Hall–Kier alpha value is -3.09. The lowest BCUT2D eigenvalue weighted by Crippen LogP contribution is -2.22. The van der Waals surface area contributed by atoms with Gasteiger partial charge in [0.2, 0.25) is 0 Å². The third kappa shape index (κ3) is 3.40. The van der Waals surface area contributed by atoms with Crippen LogP contribution in [0.2, 0.25) is 0 Å². The van der Waals surface area contributed by atoms with Crippen molar-refractivity contribution >= 4 is 10.9 Å². The molecule has 4 aromatic rings. The first-order valence-electron chi connectivity index (χ1n) is 8.96. The zero-order chi connectivity index (χ0) is 19.7. The molecule has 6 heteroatoms. The van der Waals surface area contributed by atoms with Gasteiger partial charge in [0.1, 0.15) is 11.6 Å². The molecule has 0 aliphatic carbocycles. The molecule has 0 radical (unpaired) electrons. The number of halogens is 2. The van der Waals surface area contributed by atoms with Crippen LogP contribution >= 0.6 is 0 Å². The summed E-state index contributed by atoms with van der Waals surface area (Å²) in [5.41, 5.74) is 8.92. The van der Waals surface area contributed by atoms with Gasteiger partial charge in [0, 0.05) is 23.9 Å². The summed E-state index contributed by atoms with van der Waals surface area (Å²) in [5.74, 6) is -0.666. The summed E-state index contributed by atoms with van der Waals surface area (Å²) < 4.78 is 29.5. The number of nitrogens with zero attached hydrogens (tertiary/aromatic N) is 2. The van der Waals surface area contributed by atoms with E-state index in [0.29, 0.717) is 16.7 Å². The predicted molar refractivity (Wildman–Crippen MR) is 105 cm³/mol. The van der Waals surface area contributed by atoms with Crippen LogP contribution in [0, 0.1) is 11.6 Å². The summed E-state index contributed by atoms with van der Waals surface area (Å²) in [5, 5.41) is 15.1. The zero-order valence-electron chi connectivity index (χ0n) is 15.0. The molecule has 0 saturated carbocycles. The van der Waals surface area contributed by atoms with Crippen molar-refractivity contribution in [1.82, 2.24) is 9.78 Å². The Morgan fingerprint density at radius 2 is 1.82 bits per heavy atom. The van der Waals surface area contributed by atoms with Crippen molar-refractivity contribution in [2.45, 2.75) is 12.5 Å². The molecular weight excluding hydrogens is 360 g/mol. The van der Waals surface area contributed by atoms with Crippen molar-refractivity contribution < 1.29 is 13.9 Å². The van der Waals surface area contributed by atoms with Gasteiger partial charge >= 0.3 is 0 Å². The lowest BCUT2D eigenvalue weighted by molar-refractivity contribution is 0.183. The fourth-order valence-electron chi connectivity index (χ4n) is 3.38. The number of aromatic nitrogens is 2. The van der Waals surface area contributed by atoms with Crippen LogP contribution in [0.15, 0.2) is 66.9 Å². The van der Waals surface area contributed by atoms with Crippen molar-refractivity contribution in [2.24, 2.45) is 5.73 Å². The van der Waals surface area contributed by atoms with Gasteiger partial charge in [-0.15, -0.1) is 0 Å². The first-order chi connectivity index (χ1) is 13.6. The largest absolute Gasteiger partial charge is 0.391 e. The fourth-order valence-corrected chi connectivity index (χ4v) is 3.38. The molecule has 0 saturated heterocycles. The molecule has 142 valence electrons. The number of benzene rings is 3. The van der Waals surface area contributed by atoms with E-state index in [1.165, 1.54) is 18.2 Å². The highest BCUT2D eigenvalue weighted by molar-refractivity contribution is 5.86. The van der Waals surface area contributed by atoms with E-state index in [9.17, 15) is 13.9 Å². The van der Waals surface area contributed by atoms with Gasteiger partial charge in [-0.2, -0.15) is 5.10 Å². The Kier molecular flexibility index (Phi) is 4.90. The second-order valence-corrected chi connectivity index (χ2v) is 6.67. The lowest BCUT2D eigenvalue weighted by atomic mass is 9.94. The van der Waals surface area contributed by atoms with Crippen LogP contribution in [0.5, 0.6) is 0 Å². The van der Waals surface area contributed by atoms with Gasteiger partial charge < -0.3 is 10.8 Å². The molecular formula is C22H19F2N3O. The van der Waals surface area contributed by atoms with Crippen molar-refractivity contribution in [2.75, 3.05) is 6.54 Å². The number of hydrogen-bond donors (Lipinski definition) is 2. The van der Waals surface area contributed by atoms with Gasteiger partial charge in [-0.25, -0.2) is 13.5 Å². The summed E-state index contributed by atoms with van der Waals surface area (Å²) in [6.07, 6.45) is 1.24. The highest BCUT2D eigenvalue weighted by Crippen LogP contribution is 2.31. The summed E-state index contributed by atoms with van der Waals surface area (Å²) in [6.45, 7) is 0.111. The molecule has 0 fully saturated rings. The van der Waals surface area contributed by atoms with Gasteiger partial charge in [0.05, 0.1) is 23.5 Å². The summed E-state index contributed by atoms with van der Waals surface area (Å²) in [6, 6.07) is 16.4. The minimum absolute atomic E-state index is 0.111. The van der Waals surface area contributed by atoms with Gasteiger partial charge in [-0.1, -0.05) is 18.2 Å². The topological polar surface area (TPSA) is 64.1 Å². The molecule has 1 atom stereocenters. The van der Waals surface area contributed by atoms with E-state index >= 15 is 0 Å². The van der Waals surface area contributed by atoms with Gasteiger partial charge in [0.15, 0.2) is 0 Å². The SMILES string of the molecule is NCC(O)Cc1cccc(F)c1-c1ccc2c(cnn2-c2ccc(F)cc2)c1. The van der Waals surface area contributed by atoms with Crippen LogP contribution in [-0.4, -0.2) is 27.5 Å². The normalized spacial score (nSPS) is 12.4. The molecule has 0 bridgehead atoms.